The summed E-state index contributed by atoms with van der Waals surface area (Å²) in [7, 11) is 0. The lowest BCUT2D eigenvalue weighted by molar-refractivity contribution is 0.332. The molecule has 96 valence electrons. The molecule has 0 bridgehead atoms. The van der Waals surface area contributed by atoms with Crippen molar-refractivity contribution in [3.8, 4) is 0 Å². The first-order valence-corrected chi connectivity index (χ1v) is 7.53. The molecule has 0 amide bonds. The first-order valence-electron chi connectivity index (χ1n) is 7.53. The van der Waals surface area contributed by atoms with E-state index in [1.165, 1.54) is 51.4 Å². The van der Waals surface area contributed by atoms with Gasteiger partial charge in [-0.25, -0.2) is 0 Å². The highest BCUT2D eigenvalue weighted by Gasteiger charge is 2.26. The fourth-order valence-electron chi connectivity index (χ4n) is 2.69. The SMILES string of the molecule is CCCCC(CC)CC(CC1CC1)NCC. The molecule has 0 aromatic heterocycles. The van der Waals surface area contributed by atoms with Gasteiger partial charge in [0.15, 0.2) is 0 Å². The van der Waals surface area contributed by atoms with Gasteiger partial charge in [0.2, 0.25) is 0 Å². The molecule has 1 heteroatoms. The molecule has 2 unspecified atom stereocenters. The maximum absolute atomic E-state index is 3.70. The lowest BCUT2D eigenvalue weighted by Crippen LogP contribution is -2.31. The molecule has 0 radical (unpaired) electrons. The van der Waals surface area contributed by atoms with E-state index in [1.54, 1.807) is 0 Å². The zero-order valence-corrected chi connectivity index (χ0v) is 11.6. The Morgan fingerprint density at radius 2 is 1.94 bits per heavy atom. The van der Waals surface area contributed by atoms with Gasteiger partial charge in [-0.2, -0.15) is 0 Å². The van der Waals surface area contributed by atoms with Crippen molar-refractivity contribution in [3.05, 3.63) is 0 Å². The summed E-state index contributed by atoms with van der Waals surface area (Å²) in [6, 6.07) is 0.805. The fraction of sp³-hybridized carbons (Fsp3) is 1.00. The maximum Gasteiger partial charge on any atom is 0.00722 e. The molecule has 0 aliphatic heterocycles. The molecule has 1 rings (SSSR count). The summed E-state index contributed by atoms with van der Waals surface area (Å²) in [4.78, 5) is 0. The van der Waals surface area contributed by atoms with Gasteiger partial charge in [-0.3, -0.25) is 0 Å². The van der Waals surface area contributed by atoms with Crippen LogP contribution in [0.5, 0.6) is 0 Å². The number of hydrogen-bond donors (Lipinski definition) is 1. The third-order valence-corrected chi connectivity index (χ3v) is 3.97. The van der Waals surface area contributed by atoms with Crippen LogP contribution in [0.4, 0.5) is 0 Å². The monoisotopic (exact) mass is 225 g/mol. The summed E-state index contributed by atoms with van der Waals surface area (Å²) in [5.41, 5.74) is 0. The van der Waals surface area contributed by atoms with Gasteiger partial charge in [0.05, 0.1) is 0 Å². The molecule has 2 atom stereocenters. The van der Waals surface area contributed by atoms with Crippen molar-refractivity contribution >= 4 is 0 Å². The van der Waals surface area contributed by atoms with Crippen LogP contribution < -0.4 is 5.32 Å². The second-order valence-electron chi connectivity index (χ2n) is 5.59. The minimum absolute atomic E-state index is 0.805. The van der Waals surface area contributed by atoms with Gasteiger partial charge in [-0.1, -0.05) is 59.3 Å². The largest absolute Gasteiger partial charge is 0.314 e. The van der Waals surface area contributed by atoms with E-state index in [4.69, 9.17) is 0 Å². The standard InChI is InChI=1S/C15H31N/c1-4-7-8-13(5-2)11-15(16-6-3)12-14-9-10-14/h13-16H,4-12H2,1-3H3. The Bertz CT molecular complexity index is 163. The predicted molar refractivity (Wildman–Crippen MR) is 72.7 cm³/mol. The summed E-state index contributed by atoms with van der Waals surface area (Å²) >= 11 is 0. The van der Waals surface area contributed by atoms with Gasteiger partial charge < -0.3 is 5.32 Å². The molecule has 0 aromatic carbocycles. The molecule has 1 aliphatic carbocycles. The second kappa shape index (κ2) is 8.11. The van der Waals surface area contributed by atoms with Crippen LogP contribution >= 0.6 is 0 Å². The molecule has 0 saturated heterocycles. The third-order valence-electron chi connectivity index (χ3n) is 3.97. The van der Waals surface area contributed by atoms with Gasteiger partial charge in [-0.05, 0) is 31.2 Å². The van der Waals surface area contributed by atoms with Gasteiger partial charge in [0.25, 0.3) is 0 Å². The van der Waals surface area contributed by atoms with Crippen LogP contribution in [0.1, 0.15) is 72.1 Å². The Morgan fingerprint density at radius 1 is 1.19 bits per heavy atom. The minimum atomic E-state index is 0.805. The Morgan fingerprint density at radius 3 is 2.44 bits per heavy atom. The highest BCUT2D eigenvalue weighted by Crippen LogP contribution is 2.35. The molecule has 1 fully saturated rings. The van der Waals surface area contributed by atoms with Crippen LogP contribution in [0.2, 0.25) is 0 Å². The van der Waals surface area contributed by atoms with E-state index in [2.05, 4.69) is 26.1 Å². The first kappa shape index (κ1) is 14.0. The zero-order valence-electron chi connectivity index (χ0n) is 11.6. The fourth-order valence-corrected chi connectivity index (χ4v) is 2.69. The number of nitrogens with one attached hydrogen (secondary N) is 1. The third kappa shape index (κ3) is 5.89. The van der Waals surface area contributed by atoms with Crippen molar-refractivity contribution in [1.82, 2.24) is 5.32 Å². The minimum Gasteiger partial charge on any atom is -0.314 e. The molecule has 1 N–H and O–H groups in total. The van der Waals surface area contributed by atoms with Crippen molar-refractivity contribution in [2.24, 2.45) is 11.8 Å². The smallest absolute Gasteiger partial charge is 0.00722 e. The van der Waals surface area contributed by atoms with Crippen LogP contribution in [0.15, 0.2) is 0 Å². The zero-order chi connectivity index (χ0) is 11.8. The Labute approximate surface area is 102 Å². The molecule has 1 nitrogen and oxygen atoms in total. The highest BCUT2D eigenvalue weighted by molar-refractivity contribution is 4.81. The molecule has 0 aromatic rings. The Kier molecular flexibility index (Phi) is 7.11. The van der Waals surface area contributed by atoms with Crippen LogP contribution in [0.25, 0.3) is 0 Å². The van der Waals surface area contributed by atoms with Crippen molar-refractivity contribution in [2.75, 3.05) is 6.54 Å². The van der Waals surface area contributed by atoms with Crippen molar-refractivity contribution in [2.45, 2.75) is 78.2 Å². The quantitative estimate of drug-likeness (QED) is 0.582. The topological polar surface area (TPSA) is 12.0 Å². The average molecular weight is 225 g/mol. The Hall–Kier alpha value is -0.0400. The molecule has 16 heavy (non-hydrogen) atoms. The predicted octanol–water partition coefficient (Wildman–Crippen LogP) is 4.37. The van der Waals surface area contributed by atoms with E-state index in [0.717, 1.165) is 24.4 Å². The van der Waals surface area contributed by atoms with Crippen molar-refractivity contribution in [1.29, 1.82) is 0 Å². The lowest BCUT2D eigenvalue weighted by Gasteiger charge is -2.23. The normalized spacial score (nSPS) is 19.7. The molecule has 0 spiro atoms. The number of hydrogen-bond acceptors (Lipinski definition) is 1. The molecular formula is C15H31N. The lowest BCUT2D eigenvalue weighted by atomic mass is 9.90. The van der Waals surface area contributed by atoms with Crippen LogP contribution in [-0.4, -0.2) is 12.6 Å². The van der Waals surface area contributed by atoms with Gasteiger partial charge in [0.1, 0.15) is 0 Å². The van der Waals surface area contributed by atoms with Gasteiger partial charge in [-0.15, -0.1) is 0 Å². The van der Waals surface area contributed by atoms with Crippen LogP contribution in [0, 0.1) is 11.8 Å². The summed E-state index contributed by atoms with van der Waals surface area (Å²) in [5.74, 6) is 2.02. The second-order valence-corrected chi connectivity index (χ2v) is 5.59. The summed E-state index contributed by atoms with van der Waals surface area (Å²) in [6.45, 7) is 8.05. The Balaban J connectivity index is 2.24. The van der Waals surface area contributed by atoms with E-state index >= 15 is 0 Å². The molecule has 1 saturated carbocycles. The van der Waals surface area contributed by atoms with Crippen LogP contribution in [0.3, 0.4) is 0 Å². The molecular weight excluding hydrogens is 194 g/mol. The van der Waals surface area contributed by atoms with E-state index in [1.807, 2.05) is 0 Å². The van der Waals surface area contributed by atoms with E-state index in [0.29, 0.717) is 0 Å². The summed E-state index contributed by atoms with van der Waals surface area (Å²) in [6.07, 6.45) is 11.4. The van der Waals surface area contributed by atoms with E-state index < -0.39 is 0 Å². The van der Waals surface area contributed by atoms with E-state index in [-0.39, 0.29) is 0 Å². The van der Waals surface area contributed by atoms with Gasteiger partial charge >= 0.3 is 0 Å². The maximum atomic E-state index is 3.70. The summed E-state index contributed by atoms with van der Waals surface area (Å²) < 4.78 is 0. The van der Waals surface area contributed by atoms with Crippen molar-refractivity contribution in [3.63, 3.8) is 0 Å². The van der Waals surface area contributed by atoms with Crippen LogP contribution in [-0.2, 0) is 0 Å². The molecule has 0 heterocycles. The highest BCUT2D eigenvalue weighted by atomic mass is 14.9. The summed E-state index contributed by atoms with van der Waals surface area (Å²) in [5, 5.41) is 3.70. The molecule has 1 aliphatic rings. The van der Waals surface area contributed by atoms with Gasteiger partial charge in [0, 0.05) is 6.04 Å². The van der Waals surface area contributed by atoms with E-state index in [9.17, 15) is 0 Å². The average Bonchev–Trinajstić information content (AvgIpc) is 3.08. The number of rotatable bonds is 10. The first-order chi connectivity index (χ1) is 7.80. The van der Waals surface area contributed by atoms with Crippen molar-refractivity contribution < 1.29 is 0 Å². The number of unbranched alkanes of at least 4 members (excludes halogenated alkanes) is 1.